The Morgan fingerprint density at radius 3 is 2.15 bits per heavy atom. The number of piperazine rings is 1. The van der Waals surface area contributed by atoms with Crippen LogP contribution in [0.1, 0.15) is 22.3 Å². The van der Waals surface area contributed by atoms with Gasteiger partial charge in [0.2, 0.25) is 0 Å². The van der Waals surface area contributed by atoms with E-state index < -0.39 is 11.7 Å². The van der Waals surface area contributed by atoms with Crippen LogP contribution in [0.3, 0.4) is 0 Å². The number of nitrogens with zero attached hydrogens (tertiary/aromatic N) is 2. The van der Waals surface area contributed by atoms with Crippen LogP contribution in [0.5, 0.6) is 0 Å². The van der Waals surface area contributed by atoms with Gasteiger partial charge in [0, 0.05) is 32.7 Å². The molecular formula is C21H25F3N2. The van der Waals surface area contributed by atoms with Gasteiger partial charge in [-0.2, -0.15) is 13.2 Å². The third-order valence-corrected chi connectivity index (χ3v) is 5.16. The minimum absolute atomic E-state index is 0.551. The summed E-state index contributed by atoms with van der Waals surface area (Å²) in [6, 6.07) is 10.3. The number of aryl methyl sites for hydroxylation is 2. The summed E-state index contributed by atoms with van der Waals surface area (Å²) < 4.78 is 40.2. The summed E-state index contributed by atoms with van der Waals surface area (Å²) in [7, 11) is 2.07. The molecule has 1 aliphatic rings. The third kappa shape index (κ3) is 4.46. The van der Waals surface area contributed by atoms with Crippen LogP contribution in [0.25, 0.3) is 11.1 Å². The molecule has 1 fully saturated rings. The van der Waals surface area contributed by atoms with E-state index in [1.807, 2.05) is 38.1 Å². The molecule has 0 unspecified atom stereocenters. The number of hydrogen-bond acceptors (Lipinski definition) is 2. The SMILES string of the molecule is Cc1ccc(-c2cc(CN3CCN(C)CC3)cc(C(F)(F)F)c2)cc1C. The standard InChI is InChI=1S/C21H25F3N2/c1-15-4-5-18(10-16(15)2)19-11-17(12-20(13-19)21(22,23)24)14-26-8-6-25(3)7-9-26/h4-5,10-13H,6-9,14H2,1-3H3. The van der Waals surface area contributed by atoms with Crippen molar-refractivity contribution in [1.82, 2.24) is 9.80 Å². The molecule has 2 aromatic carbocycles. The van der Waals surface area contributed by atoms with Crippen molar-refractivity contribution in [1.29, 1.82) is 0 Å². The average Bonchev–Trinajstić information content (AvgIpc) is 2.58. The molecular weight excluding hydrogens is 337 g/mol. The predicted molar refractivity (Wildman–Crippen MR) is 99.1 cm³/mol. The van der Waals surface area contributed by atoms with Crippen molar-refractivity contribution in [3.05, 3.63) is 58.7 Å². The second-order valence-electron chi connectivity index (χ2n) is 7.29. The van der Waals surface area contributed by atoms with E-state index in [2.05, 4.69) is 16.8 Å². The highest BCUT2D eigenvalue weighted by Gasteiger charge is 2.31. The van der Waals surface area contributed by atoms with Crippen molar-refractivity contribution < 1.29 is 13.2 Å². The largest absolute Gasteiger partial charge is 0.416 e. The van der Waals surface area contributed by atoms with Gasteiger partial charge in [0.25, 0.3) is 0 Å². The Kier molecular flexibility index (Phi) is 5.39. The van der Waals surface area contributed by atoms with Gasteiger partial charge in [-0.25, -0.2) is 0 Å². The molecule has 0 amide bonds. The first-order valence-electron chi connectivity index (χ1n) is 8.92. The van der Waals surface area contributed by atoms with E-state index >= 15 is 0 Å². The van der Waals surface area contributed by atoms with E-state index in [1.165, 1.54) is 12.1 Å². The average molecular weight is 362 g/mol. The number of halogens is 3. The minimum atomic E-state index is -4.34. The Hall–Kier alpha value is -1.85. The van der Waals surface area contributed by atoms with Crippen molar-refractivity contribution in [2.24, 2.45) is 0 Å². The van der Waals surface area contributed by atoms with Crippen molar-refractivity contribution in [3.8, 4) is 11.1 Å². The fourth-order valence-corrected chi connectivity index (χ4v) is 3.30. The number of alkyl halides is 3. The second-order valence-corrected chi connectivity index (χ2v) is 7.29. The van der Waals surface area contributed by atoms with E-state index in [-0.39, 0.29) is 0 Å². The van der Waals surface area contributed by atoms with Gasteiger partial charge in [-0.05, 0) is 66.9 Å². The van der Waals surface area contributed by atoms with Crippen LogP contribution in [0, 0.1) is 13.8 Å². The Balaban J connectivity index is 1.95. The first-order valence-corrected chi connectivity index (χ1v) is 8.92. The smallest absolute Gasteiger partial charge is 0.304 e. The van der Waals surface area contributed by atoms with Gasteiger partial charge in [0.1, 0.15) is 0 Å². The Labute approximate surface area is 153 Å². The van der Waals surface area contributed by atoms with E-state index in [9.17, 15) is 13.2 Å². The molecule has 0 radical (unpaired) electrons. The zero-order valence-corrected chi connectivity index (χ0v) is 15.5. The zero-order chi connectivity index (χ0) is 18.9. The number of rotatable bonds is 3. The van der Waals surface area contributed by atoms with Crippen molar-refractivity contribution >= 4 is 0 Å². The maximum absolute atomic E-state index is 13.4. The van der Waals surface area contributed by atoms with Gasteiger partial charge in [0.15, 0.2) is 0 Å². The maximum atomic E-state index is 13.4. The lowest BCUT2D eigenvalue weighted by Gasteiger charge is -2.32. The summed E-state index contributed by atoms with van der Waals surface area (Å²) in [6.07, 6.45) is -4.34. The van der Waals surface area contributed by atoms with Gasteiger partial charge in [-0.15, -0.1) is 0 Å². The molecule has 5 heteroatoms. The molecule has 0 bridgehead atoms. The topological polar surface area (TPSA) is 6.48 Å². The quantitative estimate of drug-likeness (QED) is 0.778. The Morgan fingerprint density at radius 1 is 0.846 bits per heavy atom. The van der Waals surface area contributed by atoms with Gasteiger partial charge in [-0.3, -0.25) is 4.90 Å². The van der Waals surface area contributed by atoms with Crippen LogP contribution >= 0.6 is 0 Å². The summed E-state index contributed by atoms with van der Waals surface area (Å²) in [4.78, 5) is 4.46. The first-order chi connectivity index (χ1) is 12.2. The maximum Gasteiger partial charge on any atom is 0.416 e. The van der Waals surface area contributed by atoms with Gasteiger partial charge < -0.3 is 4.90 Å². The van der Waals surface area contributed by atoms with Gasteiger partial charge >= 0.3 is 6.18 Å². The molecule has 3 rings (SSSR count). The summed E-state index contributed by atoms with van der Waals surface area (Å²) in [5.74, 6) is 0. The van der Waals surface area contributed by atoms with Crippen molar-refractivity contribution in [2.45, 2.75) is 26.6 Å². The highest BCUT2D eigenvalue weighted by Crippen LogP contribution is 2.34. The third-order valence-electron chi connectivity index (χ3n) is 5.16. The molecule has 0 spiro atoms. The van der Waals surface area contributed by atoms with Crippen LogP contribution < -0.4 is 0 Å². The van der Waals surface area contributed by atoms with Gasteiger partial charge in [0.05, 0.1) is 5.56 Å². The van der Waals surface area contributed by atoms with Crippen LogP contribution in [-0.2, 0) is 12.7 Å². The highest BCUT2D eigenvalue weighted by molar-refractivity contribution is 5.66. The molecule has 0 aliphatic carbocycles. The molecule has 0 N–H and O–H groups in total. The molecule has 26 heavy (non-hydrogen) atoms. The van der Waals surface area contributed by atoms with Crippen LogP contribution in [0.4, 0.5) is 13.2 Å². The molecule has 0 aromatic heterocycles. The normalized spacial score (nSPS) is 16.8. The number of likely N-dealkylation sites (N-methyl/N-ethyl adjacent to an activating group) is 1. The van der Waals surface area contributed by atoms with E-state index in [0.29, 0.717) is 12.1 Å². The molecule has 1 aliphatic heterocycles. The molecule has 140 valence electrons. The lowest BCUT2D eigenvalue weighted by molar-refractivity contribution is -0.137. The van der Waals surface area contributed by atoms with Crippen molar-refractivity contribution in [3.63, 3.8) is 0 Å². The van der Waals surface area contributed by atoms with Gasteiger partial charge in [-0.1, -0.05) is 18.2 Å². The zero-order valence-electron chi connectivity index (χ0n) is 15.5. The highest BCUT2D eigenvalue weighted by atomic mass is 19.4. The van der Waals surface area contributed by atoms with Crippen molar-refractivity contribution in [2.75, 3.05) is 33.2 Å². The number of benzene rings is 2. The van der Waals surface area contributed by atoms with E-state index in [1.54, 1.807) is 0 Å². The first kappa shape index (κ1) is 18.9. The Bertz CT molecular complexity index is 775. The molecule has 1 saturated heterocycles. The fourth-order valence-electron chi connectivity index (χ4n) is 3.30. The van der Waals surface area contributed by atoms with Crippen LogP contribution in [0.2, 0.25) is 0 Å². The number of hydrogen-bond donors (Lipinski definition) is 0. The minimum Gasteiger partial charge on any atom is -0.304 e. The summed E-state index contributed by atoms with van der Waals surface area (Å²) in [5, 5.41) is 0. The molecule has 1 heterocycles. The summed E-state index contributed by atoms with van der Waals surface area (Å²) in [6.45, 7) is 8.20. The lowest BCUT2D eigenvalue weighted by atomic mass is 9.96. The second kappa shape index (κ2) is 7.41. The van der Waals surface area contributed by atoms with Crippen LogP contribution in [-0.4, -0.2) is 43.0 Å². The van der Waals surface area contributed by atoms with Crippen LogP contribution in [0.15, 0.2) is 36.4 Å². The predicted octanol–water partition coefficient (Wildman–Crippen LogP) is 4.74. The molecule has 0 atom stereocenters. The monoisotopic (exact) mass is 362 g/mol. The summed E-state index contributed by atoms with van der Waals surface area (Å²) in [5.41, 5.74) is 3.83. The Morgan fingerprint density at radius 2 is 1.54 bits per heavy atom. The molecule has 0 saturated carbocycles. The fraction of sp³-hybridized carbons (Fsp3) is 0.429. The van der Waals surface area contributed by atoms with E-state index in [4.69, 9.17) is 0 Å². The van der Waals surface area contributed by atoms with E-state index in [0.717, 1.165) is 48.4 Å². The molecule has 2 nitrogen and oxygen atoms in total. The lowest BCUT2D eigenvalue weighted by Crippen LogP contribution is -2.43. The summed E-state index contributed by atoms with van der Waals surface area (Å²) >= 11 is 0. The molecule has 2 aromatic rings.